The predicted octanol–water partition coefficient (Wildman–Crippen LogP) is 4.76. The van der Waals surface area contributed by atoms with Gasteiger partial charge in [-0.15, -0.1) is 0 Å². The maximum Gasteiger partial charge on any atom is -0.0297 e. The minimum absolute atomic E-state index is 0.820. The van der Waals surface area contributed by atoms with Gasteiger partial charge in [-0.2, -0.15) is 0 Å². The van der Waals surface area contributed by atoms with Crippen molar-refractivity contribution in [3.8, 4) is 0 Å². The van der Waals surface area contributed by atoms with Crippen molar-refractivity contribution in [2.75, 3.05) is 0 Å². The zero-order chi connectivity index (χ0) is 10.1. The van der Waals surface area contributed by atoms with Crippen molar-refractivity contribution < 1.29 is 0 Å². The molecule has 0 heterocycles. The smallest absolute Gasteiger partial charge is 0.0297 e. The summed E-state index contributed by atoms with van der Waals surface area (Å²) in [7, 11) is 0. The molecule has 0 fully saturated rings. The highest BCUT2D eigenvalue weighted by Gasteiger charge is 2.01. The van der Waals surface area contributed by atoms with Crippen LogP contribution in [0, 0.1) is 12.8 Å². The fourth-order valence-corrected chi connectivity index (χ4v) is 1.47. The van der Waals surface area contributed by atoms with Crippen molar-refractivity contribution in [2.24, 2.45) is 5.92 Å². The lowest BCUT2D eigenvalue weighted by Gasteiger charge is -2.10. The third kappa shape index (κ3) is 8.08. The monoisotopic (exact) mass is 181 g/mol. The molecule has 0 rings (SSSR count). The summed E-state index contributed by atoms with van der Waals surface area (Å²) in [6.07, 6.45) is 8.71. The van der Waals surface area contributed by atoms with E-state index in [1.165, 1.54) is 44.1 Å². The third-order valence-electron chi connectivity index (χ3n) is 2.61. The van der Waals surface area contributed by atoms with Gasteiger partial charge in [0.2, 0.25) is 0 Å². The molecule has 0 N–H and O–H groups in total. The summed E-state index contributed by atoms with van der Waals surface area (Å²) in [5.41, 5.74) is 1.44. The van der Waals surface area contributed by atoms with Crippen LogP contribution in [-0.4, -0.2) is 0 Å². The van der Waals surface area contributed by atoms with Gasteiger partial charge in [-0.25, -0.2) is 0 Å². The van der Waals surface area contributed by atoms with Crippen molar-refractivity contribution in [3.05, 3.63) is 19.1 Å². The maximum atomic E-state index is 4.12. The van der Waals surface area contributed by atoms with Crippen LogP contribution in [0.2, 0.25) is 0 Å². The van der Waals surface area contributed by atoms with E-state index in [-0.39, 0.29) is 0 Å². The van der Waals surface area contributed by atoms with E-state index < -0.39 is 0 Å². The summed E-state index contributed by atoms with van der Waals surface area (Å²) in [4.78, 5) is 0. The zero-order valence-corrected chi connectivity index (χ0v) is 9.44. The van der Waals surface area contributed by atoms with Crippen LogP contribution in [0.3, 0.4) is 0 Å². The molecular formula is C13H25. The van der Waals surface area contributed by atoms with Crippen LogP contribution in [0.1, 0.15) is 58.8 Å². The molecule has 1 unspecified atom stereocenters. The van der Waals surface area contributed by atoms with Crippen LogP contribution in [0.15, 0.2) is 12.2 Å². The number of rotatable bonds is 8. The lowest BCUT2D eigenvalue weighted by Crippen LogP contribution is -1.94. The summed E-state index contributed by atoms with van der Waals surface area (Å²) < 4.78 is 0. The number of unbranched alkanes of at least 4 members (excludes halogenated alkanes) is 3. The van der Waals surface area contributed by atoms with Gasteiger partial charge < -0.3 is 0 Å². The highest BCUT2D eigenvalue weighted by Crippen LogP contribution is 2.18. The first-order chi connectivity index (χ1) is 6.20. The van der Waals surface area contributed by atoms with E-state index in [1.807, 2.05) is 0 Å². The van der Waals surface area contributed by atoms with Gasteiger partial charge in [0.05, 0.1) is 0 Å². The SMILES string of the molecule is [CH2]CCCCCC(=C)CC(C)CC. The number of hydrogen-bond donors (Lipinski definition) is 0. The molecule has 0 aromatic heterocycles. The van der Waals surface area contributed by atoms with Crippen molar-refractivity contribution in [1.29, 1.82) is 0 Å². The first kappa shape index (κ1) is 12.7. The molecule has 0 aromatic rings. The van der Waals surface area contributed by atoms with Crippen LogP contribution < -0.4 is 0 Å². The Morgan fingerprint density at radius 1 is 1.23 bits per heavy atom. The molecule has 77 valence electrons. The van der Waals surface area contributed by atoms with Crippen LogP contribution in [0.4, 0.5) is 0 Å². The number of hydrogen-bond acceptors (Lipinski definition) is 0. The van der Waals surface area contributed by atoms with Crippen LogP contribution in [0.5, 0.6) is 0 Å². The molecule has 1 atom stereocenters. The Morgan fingerprint density at radius 2 is 1.92 bits per heavy atom. The number of allylic oxidation sites excluding steroid dienone is 1. The van der Waals surface area contributed by atoms with E-state index in [0.717, 1.165) is 12.3 Å². The predicted molar refractivity (Wildman–Crippen MR) is 61.7 cm³/mol. The molecule has 0 bridgehead atoms. The Balaban J connectivity index is 3.30. The molecule has 0 saturated carbocycles. The molecule has 13 heavy (non-hydrogen) atoms. The van der Waals surface area contributed by atoms with Crippen LogP contribution in [0.25, 0.3) is 0 Å². The van der Waals surface area contributed by atoms with Crippen LogP contribution >= 0.6 is 0 Å². The van der Waals surface area contributed by atoms with Crippen molar-refractivity contribution in [1.82, 2.24) is 0 Å². The quantitative estimate of drug-likeness (QED) is 0.374. The standard InChI is InChI=1S/C13H25/c1-5-7-8-9-10-13(4)11-12(3)6-2/h12H,1,4-11H2,2-3H3. The van der Waals surface area contributed by atoms with Crippen molar-refractivity contribution in [3.63, 3.8) is 0 Å². The molecule has 0 aliphatic carbocycles. The molecule has 0 aliphatic heterocycles. The Morgan fingerprint density at radius 3 is 2.46 bits per heavy atom. The molecule has 0 spiro atoms. The molecule has 0 saturated heterocycles. The van der Waals surface area contributed by atoms with Crippen molar-refractivity contribution in [2.45, 2.75) is 58.8 Å². The first-order valence-corrected chi connectivity index (χ1v) is 5.66. The van der Waals surface area contributed by atoms with Gasteiger partial charge in [0.25, 0.3) is 0 Å². The summed E-state index contributed by atoms with van der Waals surface area (Å²) >= 11 is 0. The molecule has 0 aliphatic rings. The average Bonchev–Trinajstić information content (AvgIpc) is 2.12. The Kier molecular flexibility index (Phi) is 8.18. The Hall–Kier alpha value is -0.260. The third-order valence-corrected chi connectivity index (χ3v) is 2.61. The highest BCUT2D eigenvalue weighted by atomic mass is 14.1. The maximum absolute atomic E-state index is 4.12. The second kappa shape index (κ2) is 8.34. The molecule has 0 heteroatoms. The fourth-order valence-electron chi connectivity index (χ4n) is 1.47. The molecule has 1 radical (unpaired) electrons. The lowest BCUT2D eigenvalue weighted by atomic mass is 9.96. The first-order valence-electron chi connectivity index (χ1n) is 5.66. The normalized spacial score (nSPS) is 12.8. The molecule has 0 nitrogen and oxygen atoms in total. The second-order valence-corrected chi connectivity index (χ2v) is 4.13. The summed E-state index contributed by atoms with van der Waals surface area (Å²) in [5, 5.41) is 0. The minimum Gasteiger partial charge on any atom is -0.0999 e. The minimum atomic E-state index is 0.820. The topological polar surface area (TPSA) is 0 Å². The van der Waals surface area contributed by atoms with E-state index >= 15 is 0 Å². The lowest BCUT2D eigenvalue weighted by molar-refractivity contribution is 0.540. The highest BCUT2D eigenvalue weighted by molar-refractivity contribution is 4.94. The zero-order valence-electron chi connectivity index (χ0n) is 9.44. The van der Waals surface area contributed by atoms with E-state index in [9.17, 15) is 0 Å². The van der Waals surface area contributed by atoms with Gasteiger partial charge in [0, 0.05) is 0 Å². The molecule has 0 amide bonds. The Labute approximate surface area is 84.4 Å². The van der Waals surface area contributed by atoms with Gasteiger partial charge in [0.1, 0.15) is 0 Å². The van der Waals surface area contributed by atoms with Crippen LogP contribution in [-0.2, 0) is 0 Å². The Bertz CT molecular complexity index is 124. The summed E-state index contributed by atoms with van der Waals surface area (Å²) in [5.74, 6) is 0.820. The fraction of sp³-hybridized carbons (Fsp3) is 0.769. The van der Waals surface area contributed by atoms with Gasteiger partial charge in [0.15, 0.2) is 0 Å². The van der Waals surface area contributed by atoms with Gasteiger partial charge in [-0.3, -0.25) is 0 Å². The second-order valence-electron chi connectivity index (χ2n) is 4.13. The van der Waals surface area contributed by atoms with E-state index in [1.54, 1.807) is 0 Å². The van der Waals surface area contributed by atoms with Gasteiger partial charge >= 0.3 is 0 Å². The van der Waals surface area contributed by atoms with Gasteiger partial charge in [-0.1, -0.05) is 58.6 Å². The average molecular weight is 181 g/mol. The van der Waals surface area contributed by atoms with Crippen molar-refractivity contribution >= 4 is 0 Å². The summed E-state index contributed by atoms with van der Waals surface area (Å²) in [6.45, 7) is 12.5. The molecule has 0 aromatic carbocycles. The van der Waals surface area contributed by atoms with Gasteiger partial charge in [-0.05, 0) is 25.2 Å². The summed E-state index contributed by atoms with van der Waals surface area (Å²) in [6, 6.07) is 0. The molecular weight excluding hydrogens is 156 g/mol. The van der Waals surface area contributed by atoms with E-state index in [0.29, 0.717) is 0 Å². The largest absolute Gasteiger partial charge is 0.0999 e. The van der Waals surface area contributed by atoms with E-state index in [4.69, 9.17) is 0 Å². The van der Waals surface area contributed by atoms with E-state index in [2.05, 4.69) is 27.4 Å².